The molecular formula is C9H14N2O2. The first-order chi connectivity index (χ1) is 6.27. The minimum Gasteiger partial charge on any atom is -0.387 e. The second-order valence-corrected chi connectivity index (χ2v) is 2.77. The van der Waals surface area contributed by atoms with Crippen molar-refractivity contribution < 1.29 is 9.84 Å². The molecule has 13 heavy (non-hydrogen) atoms. The summed E-state index contributed by atoms with van der Waals surface area (Å²) < 4.78 is 4.92. The molecule has 0 radical (unpaired) electrons. The van der Waals surface area contributed by atoms with E-state index in [0.717, 1.165) is 11.3 Å². The molecule has 1 unspecified atom stereocenters. The molecule has 3 N–H and O–H groups in total. The molecule has 0 bridgehead atoms. The fraction of sp³-hybridized carbons (Fsp3) is 0.444. The van der Waals surface area contributed by atoms with E-state index >= 15 is 0 Å². The van der Waals surface area contributed by atoms with Gasteiger partial charge in [0.2, 0.25) is 0 Å². The van der Waals surface area contributed by atoms with Gasteiger partial charge in [-0.1, -0.05) is 0 Å². The summed E-state index contributed by atoms with van der Waals surface area (Å²) in [5.74, 6) is 0. The van der Waals surface area contributed by atoms with Gasteiger partial charge >= 0.3 is 0 Å². The maximum absolute atomic E-state index is 9.43. The molecule has 72 valence electrons. The van der Waals surface area contributed by atoms with Crippen molar-refractivity contribution >= 4 is 0 Å². The second-order valence-electron chi connectivity index (χ2n) is 2.77. The Hall–Kier alpha value is -0.970. The van der Waals surface area contributed by atoms with Crippen LogP contribution in [0.5, 0.6) is 0 Å². The topological polar surface area (TPSA) is 68.4 Å². The van der Waals surface area contributed by atoms with Crippen molar-refractivity contribution in [1.29, 1.82) is 0 Å². The summed E-state index contributed by atoms with van der Waals surface area (Å²) in [5, 5.41) is 9.43. The van der Waals surface area contributed by atoms with E-state index in [2.05, 4.69) is 4.98 Å². The van der Waals surface area contributed by atoms with E-state index < -0.39 is 6.10 Å². The number of aromatic nitrogens is 1. The molecule has 0 fully saturated rings. The predicted octanol–water partition coefficient (Wildman–Crippen LogP) is 0.220. The number of methoxy groups -OCH3 is 1. The highest BCUT2D eigenvalue weighted by molar-refractivity contribution is 5.18. The lowest BCUT2D eigenvalue weighted by atomic mass is 10.1. The predicted molar refractivity (Wildman–Crippen MR) is 49.0 cm³/mol. The molecule has 1 heterocycles. The zero-order valence-electron chi connectivity index (χ0n) is 7.60. The summed E-state index contributed by atoms with van der Waals surface area (Å²) in [6, 6.07) is 3.54. The van der Waals surface area contributed by atoms with Gasteiger partial charge in [-0.2, -0.15) is 0 Å². The highest BCUT2D eigenvalue weighted by Crippen LogP contribution is 2.11. The number of nitrogens with two attached hydrogens (primary N) is 1. The summed E-state index contributed by atoms with van der Waals surface area (Å²) in [6.45, 7) is 0.668. The molecule has 1 aromatic rings. The number of aliphatic hydroxyl groups excluding tert-OH is 1. The first-order valence-electron chi connectivity index (χ1n) is 4.10. The van der Waals surface area contributed by atoms with Gasteiger partial charge in [0.25, 0.3) is 0 Å². The Bertz CT molecular complexity index is 266. The van der Waals surface area contributed by atoms with Crippen molar-refractivity contribution in [3.63, 3.8) is 0 Å². The third-order valence-corrected chi connectivity index (χ3v) is 1.74. The van der Waals surface area contributed by atoms with Gasteiger partial charge < -0.3 is 15.6 Å². The molecule has 0 aliphatic heterocycles. The molecule has 1 atom stereocenters. The number of hydrogen-bond acceptors (Lipinski definition) is 4. The molecule has 0 saturated carbocycles. The largest absolute Gasteiger partial charge is 0.387 e. The normalized spacial score (nSPS) is 12.8. The van der Waals surface area contributed by atoms with Crippen LogP contribution in [0.4, 0.5) is 0 Å². The average Bonchev–Trinajstić information content (AvgIpc) is 2.18. The maximum atomic E-state index is 9.43. The van der Waals surface area contributed by atoms with Crippen LogP contribution in [0.3, 0.4) is 0 Å². The van der Waals surface area contributed by atoms with Gasteiger partial charge in [0, 0.05) is 19.9 Å². The van der Waals surface area contributed by atoms with E-state index in [1.54, 1.807) is 25.4 Å². The van der Waals surface area contributed by atoms with E-state index in [-0.39, 0.29) is 6.54 Å². The highest BCUT2D eigenvalue weighted by Gasteiger charge is 2.05. The Morgan fingerprint density at radius 1 is 1.69 bits per heavy atom. The van der Waals surface area contributed by atoms with Crippen LogP contribution in [-0.4, -0.2) is 23.7 Å². The zero-order chi connectivity index (χ0) is 9.68. The Labute approximate surface area is 77.4 Å². The van der Waals surface area contributed by atoms with E-state index in [9.17, 15) is 5.11 Å². The Morgan fingerprint density at radius 3 is 3.08 bits per heavy atom. The van der Waals surface area contributed by atoms with E-state index in [1.165, 1.54) is 0 Å². The number of hydrogen-bond donors (Lipinski definition) is 2. The summed E-state index contributed by atoms with van der Waals surface area (Å²) in [4.78, 5) is 4.07. The zero-order valence-corrected chi connectivity index (χ0v) is 7.60. The van der Waals surface area contributed by atoms with Crippen molar-refractivity contribution in [3.8, 4) is 0 Å². The van der Waals surface area contributed by atoms with Crippen molar-refractivity contribution in [2.75, 3.05) is 13.7 Å². The van der Waals surface area contributed by atoms with Crippen LogP contribution in [-0.2, 0) is 11.3 Å². The standard InChI is InChI=1S/C9H14N2O2/c1-13-6-8-4-7(2-3-11-8)9(12)5-10/h2-4,9,12H,5-6,10H2,1H3. The molecule has 0 aromatic carbocycles. The molecule has 0 spiro atoms. The average molecular weight is 182 g/mol. The van der Waals surface area contributed by atoms with Crippen molar-refractivity contribution in [1.82, 2.24) is 4.98 Å². The third kappa shape index (κ3) is 2.77. The van der Waals surface area contributed by atoms with Crippen LogP contribution in [0.15, 0.2) is 18.3 Å². The van der Waals surface area contributed by atoms with Crippen molar-refractivity contribution in [2.24, 2.45) is 5.73 Å². The van der Waals surface area contributed by atoms with Gasteiger partial charge in [0.1, 0.15) is 0 Å². The Kier molecular flexibility index (Phi) is 3.82. The van der Waals surface area contributed by atoms with Gasteiger partial charge in [-0.3, -0.25) is 4.98 Å². The SMILES string of the molecule is COCc1cc(C(O)CN)ccn1. The summed E-state index contributed by atoms with van der Waals surface area (Å²) in [7, 11) is 1.60. The number of nitrogens with zero attached hydrogens (tertiary/aromatic N) is 1. The van der Waals surface area contributed by atoms with E-state index in [1.807, 2.05) is 0 Å². The van der Waals surface area contributed by atoms with Crippen LogP contribution >= 0.6 is 0 Å². The minimum absolute atomic E-state index is 0.219. The molecule has 0 amide bonds. The number of aliphatic hydroxyl groups is 1. The molecule has 0 saturated heterocycles. The lowest BCUT2D eigenvalue weighted by Crippen LogP contribution is -2.12. The van der Waals surface area contributed by atoms with Crippen LogP contribution < -0.4 is 5.73 Å². The third-order valence-electron chi connectivity index (χ3n) is 1.74. The summed E-state index contributed by atoms with van der Waals surface area (Å²) in [5.41, 5.74) is 6.91. The maximum Gasteiger partial charge on any atom is 0.0913 e. The van der Waals surface area contributed by atoms with E-state index in [4.69, 9.17) is 10.5 Å². The molecule has 1 aromatic heterocycles. The van der Waals surface area contributed by atoms with Gasteiger partial charge in [0.15, 0.2) is 0 Å². The molecule has 1 rings (SSSR count). The smallest absolute Gasteiger partial charge is 0.0913 e. The Morgan fingerprint density at radius 2 is 2.46 bits per heavy atom. The molecular weight excluding hydrogens is 168 g/mol. The number of ether oxygens (including phenoxy) is 1. The lowest BCUT2D eigenvalue weighted by Gasteiger charge is -2.08. The molecule has 4 heteroatoms. The van der Waals surface area contributed by atoms with Crippen molar-refractivity contribution in [3.05, 3.63) is 29.6 Å². The minimum atomic E-state index is -0.612. The van der Waals surface area contributed by atoms with Gasteiger partial charge in [0.05, 0.1) is 18.4 Å². The molecule has 0 aliphatic rings. The lowest BCUT2D eigenvalue weighted by molar-refractivity contribution is 0.177. The van der Waals surface area contributed by atoms with Crippen molar-refractivity contribution in [2.45, 2.75) is 12.7 Å². The van der Waals surface area contributed by atoms with Crippen LogP contribution in [0.1, 0.15) is 17.4 Å². The van der Waals surface area contributed by atoms with Gasteiger partial charge in [-0.25, -0.2) is 0 Å². The van der Waals surface area contributed by atoms with Crippen LogP contribution in [0.2, 0.25) is 0 Å². The van der Waals surface area contributed by atoms with E-state index in [0.29, 0.717) is 6.61 Å². The summed E-state index contributed by atoms with van der Waals surface area (Å²) >= 11 is 0. The van der Waals surface area contributed by atoms with Crippen LogP contribution in [0.25, 0.3) is 0 Å². The first-order valence-corrected chi connectivity index (χ1v) is 4.10. The Balaban J connectivity index is 2.78. The summed E-state index contributed by atoms with van der Waals surface area (Å²) in [6.07, 6.45) is 1.03. The fourth-order valence-electron chi connectivity index (χ4n) is 1.07. The molecule has 4 nitrogen and oxygen atoms in total. The van der Waals surface area contributed by atoms with Gasteiger partial charge in [-0.05, 0) is 17.7 Å². The monoisotopic (exact) mass is 182 g/mol. The first kappa shape index (κ1) is 10.1. The fourth-order valence-corrected chi connectivity index (χ4v) is 1.07. The second kappa shape index (κ2) is 4.91. The highest BCUT2D eigenvalue weighted by atomic mass is 16.5. The molecule has 0 aliphatic carbocycles. The number of pyridine rings is 1. The quantitative estimate of drug-likeness (QED) is 0.699. The van der Waals surface area contributed by atoms with Crippen LogP contribution in [0, 0.1) is 0 Å². The van der Waals surface area contributed by atoms with Gasteiger partial charge in [-0.15, -0.1) is 0 Å². The number of rotatable bonds is 4.